The highest BCUT2D eigenvalue weighted by Gasteiger charge is 2.26. The monoisotopic (exact) mass is 418 g/mol. The Hall–Kier alpha value is -4.07. The Morgan fingerprint density at radius 3 is 2.52 bits per heavy atom. The average molecular weight is 418 g/mol. The van der Waals surface area contributed by atoms with Crippen LogP contribution in [0.4, 0.5) is 10.1 Å². The Balaban J connectivity index is 1.59. The molecule has 0 unspecified atom stereocenters. The molecule has 1 amide bonds. The van der Waals surface area contributed by atoms with Crippen LogP contribution in [0.3, 0.4) is 0 Å². The van der Waals surface area contributed by atoms with Gasteiger partial charge in [0.1, 0.15) is 11.3 Å². The van der Waals surface area contributed by atoms with Crippen LogP contribution in [0.1, 0.15) is 28.9 Å². The lowest BCUT2D eigenvalue weighted by Crippen LogP contribution is -2.26. The molecule has 4 rings (SSSR count). The summed E-state index contributed by atoms with van der Waals surface area (Å²) in [5.41, 5.74) is 2.51. The zero-order valence-corrected chi connectivity index (χ0v) is 16.7. The highest BCUT2D eigenvalue weighted by Crippen LogP contribution is 2.23. The number of aryl methyl sites for hydroxylation is 1. The molecule has 0 fully saturated rings. The zero-order valence-electron chi connectivity index (χ0n) is 16.7. The van der Waals surface area contributed by atoms with Crippen LogP contribution in [-0.2, 0) is 16.1 Å². The maximum atomic E-state index is 13.1. The molecule has 0 radical (unpaired) electrons. The number of benzene rings is 3. The van der Waals surface area contributed by atoms with Crippen molar-refractivity contribution >= 4 is 28.6 Å². The minimum atomic E-state index is -1.19. The van der Waals surface area contributed by atoms with E-state index in [1.165, 1.54) is 24.3 Å². The van der Waals surface area contributed by atoms with Crippen molar-refractivity contribution in [3.8, 4) is 0 Å². The number of nitrogens with zero attached hydrogens (tertiary/aromatic N) is 3. The first kappa shape index (κ1) is 20.2. The number of halogens is 1. The first-order valence-corrected chi connectivity index (χ1v) is 9.71. The van der Waals surface area contributed by atoms with E-state index >= 15 is 0 Å². The smallest absolute Gasteiger partial charge is 0.339 e. The first-order chi connectivity index (χ1) is 15.0. The molecule has 31 heavy (non-hydrogen) atoms. The fourth-order valence-corrected chi connectivity index (χ4v) is 3.15. The summed E-state index contributed by atoms with van der Waals surface area (Å²) in [4.78, 5) is 25.8. The lowest BCUT2D eigenvalue weighted by Gasteiger charge is -2.18. The number of nitrogens with one attached hydrogen (secondary N) is 1. The highest BCUT2D eigenvalue weighted by atomic mass is 19.1. The summed E-state index contributed by atoms with van der Waals surface area (Å²) in [7, 11) is 0. The lowest BCUT2D eigenvalue weighted by molar-refractivity contribution is -0.125. The number of rotatable bonds is 6. The Bertz CT molecular complexity index is 1220. The summed E-state index contributed by atoms with van der Waals surface area (Å²) in [6.45, 7) is 2.60. The molecule has 1 heterocycles. The molecule has 8 heteroatoms. The predicted octanol–water partition coefficient (Wildman–Crippen LogP) is 4.13. The van der Waals surface area contributed by atoms with Crippen molar-refractivity contribution < 1.29 is 18.7 Å². The van der Waals surface area contributed by atoms with Crippen LogP contribution in [0.2, 0.25) is 0 Å². The first-order valence-electron chi connectivity index (χ1n) is 9.71. The number of hydrogen-bond acceptors (Lipinski definition) is 5. The van der Waals surface area contributed by atoms with Gasteiger partial charge in [-0.2, -0.15) is 0 Å². The summed E-state index contributed by atoms with van der Waals surface area (Å²) in [6, 6.07) is 18.9. The van der Waals surface area contributed by atoms with Crippen molar-refractivity contribution in [3.63, 3.8) is 0 Å². The molecule has 3 aromatic carbocycles. The molecular formula is C23H19FN4O3. The van der Waals surface area contributed by atoms with E-state index in [9.17, 15) is 14.0 Å². The largest absolute Gasteiger partial charge is 0.444 e. The maximum Gasteiger partial charge on any atom is 0.339 e. The molecule has 0 saturated carbocycles. The molecule has 0 aliphatic rings. The molecule has 0 spiro atoms. The van der Waals surface area contributed by atoms with Gasteiger partial charge in [0.15, 0.2) is 0 Å². The second-order valence-corrected chi connectivity index (χ2v) is 6.80. The Kier molecular flexibility index (Phi) is 5.70. The minimum Gasteiger partial charge on any atom is -0.444 e. The normalized spacial score (nSPS) is 11.8. The standard InChI is InChI=1S/C23H19FN4O3/c1-2-28-20-13-8-16(14-19(20)26-27-28)23(30)31-21(15-6-4-3-5-7-15)22(29)25-18-11-9-17(24)10-12-18/h3-14,21H,2H2,1H3,(H,25,29)/t21-/m1/s1. The molecule has 1 atom stereocenters. The fourth-order valence-electron chi connectivity index (χ4n) is 3.15. The van der Waals surface area contributed by atoms with Crippen LogP contribution in [0.5, 0.6) is 0 Å². The highest BCUT2D eigenvalue weighted by molar-refractivity contribution is 5.99. The van der Waals surface area contributed by atoms with E-state index in [4.69, 9.17) is 4.74 Å². The number of anilines is 1. The molecular weight excluding hydrogens is 399 g/mol. The Labute approximate surface area is 177 Å². The molecule has 0 aliphatic heterocycles. The van der Waals surface area contributed by atoms with E-state index in [2.05, 4.69) is 15.6 Å². The molecule has 156 valence electrons. The molecule has 1 aromatic heterocycles. The third kappa shape index (κ3) is 4.42. The second kappa shape index (κ2) is 8.74. The lowest BCUT2D eigenvalue weighted by atomic mass is 10.1. The van der Waals surface area contributed by atoms with Gasteiger partial charge >= 0.3 is 5.97 Å². The van der Waals surface area contributed by atoms with E-state index in [0.717, 1.165) is 5.52 Å². The summed E-state index contributed by atoms with van der Waals surface area (Å²) in [5.74, 6) is -1.64. The van der Waals surface area contributed by atoms with Gasteiger partial charge in [-0.25, -0.2) is 13.9 Å². The number of carbonyl (C=O) groups excluding carboxylic acids is 2. The summed E-state index contributed by atoms with van der Waals surface area (Å²) < 4.78 is 20.4. The molecule has 4 aromatic rings. The summed E-state index contributed by atoms with van der Waals surface area (Å²) in [6.07, 6.45) is -1.19. The number of aromatic nitrogens is 3. The van der Waals surface area contributed by atoms with Crippen LogP contribution in [0, 0.1) is 5.82 Å². The van der Waals surface area contributed by atoms with Gasteiger partial charge in [0.2, 0.25) is 6.10 Å². The van der Waals surface area contributed by atoms with Crippen LogP contribution < -0.4 is 5.32 Å². The van der Waals surface area contributed by atoms with Crippen molar-refractivity contribution in [3.05, 3.63) is 89.7 Å². The number of ether oxygens (including phenoxy) is 1. The summed E-state index contributed by atoms with van der Waals surface area (Å²) >= 11 is 0. The number of carbonyl (C=O) groups is 2. The third-order valence-corrected chi connectivity index (χ3v) is 4.73. The third-order valence-electron chi connectivity index (χ3n) is 4.73. The van der Waals surface area contributed by atoms with E-state index in [1.54, 1.807) is 53.2 Å². The average Bonchev–Trinajstić information content (AvgIpc) is 3.21. The molecule has 1 N–H and O–H groups in total. The predicted molar refractivity (Wildman–Crippen MR) is 113 cm³/mol. The van der Waals surface area contributed by atoms with E-state index in [-0.39, 0.29) is 5.56 Å². The van der Waals surface area contributed by atoms with Gasteiger partial charge in [-0.15, -0.1) is 5.10 Å². The molecule has 7 nitrogen and oxygen atoms in total. The quantitative estimate of drug-likeness (QED) is 0.476. The number of esters is 1. The van der Waals surface area contributed by atoms with Gasteiger partial charge in [0, 0.05) is 17.8 Å². The molecule has 0 aliphatic carbocycles. The van der Waals surface area contributed by atoms with Gasteiger partial charge in [0.25, 0.3) is 5.91 Å². The van der Waals surface area contributed by atoms with Crippen LogP contribution in [-0.4, -0.2) is 26.9 Å². The maximum absolute atomic E-state index is 13.1. The molecule has 0 bridgehead atoms. The van der Waals surface area contributed by atoms with E-state index < -0.39 is 23.8 Å². The van der Waals surface area contributed by atoms with Crippen molar-refractivity contribution in [2.45, 2.75) is 19.6 Å². The van der Waals surface area contributed by atoms with Crippen molar-refractivity contribution in [2.24, 2.45) is 0 Å². The van der Waals surface area contributed by atoms with Crippen molar-refractivity contribution in [1.82, 2.24) is 15.0 Å². The summed E-state index contributed by atoms with van der Waals surface area (Å²) in [5, 5.41) is 10.7. The second-order valence-electron chi connectivity index (χ2n) is 6.80. The Morgan fingerprint density at radius 1 is 1.06 bits per heavy atom. The number of fused-ring (bicyclic) bond motifs is 1. The van der Waals surface area contributed by atoms with Gasteiger partial charge in [0.05, 0.1) is 11.1 Å². The van der Waals surface area contributed by atoms with Gasteiger partial charge < -0.3 is 10.1 Å². The van der Waals surface area contributed by atoms with Crippen molar-refractivity contribution in [2.75, 3.05) is 5.32 Å². The zero-order chi connectivity index (χ0) is 21.8. The minimum absolute atomic E-state index is 0.256. The number of amides is 1. The Morgan fingerprint density at radius 2 is 1.81 bits per heavy atom. The van der Waals surface area contributed by atoms with Crippen LogP contribution in [0.15, 0.2) is 72.8 Å². The fraction of sp³-hybridized carbons (Fsp3) is 0.130. The van der Waals surface area contributed by atoms with Gasteiger partial charge in [-0.1, -0.05) is 35.5 Å². The SMILES string of the molecule is CCn1nnc2cc(C(=O)O[C@@H](C(=O)Nc3ccc(F)cc3)c3ccccc3)ccc21. The number of hydrogen-bond donors (Lipinski definition) is 1. The van der Waals surface area contributed by atoms with Crippen LogP contribution in [0.25, 0.3) is 11.0 Å². The van der Waals surface area contributed by atoms with E-state index in [0.29, 0.717) is 23.3 Å². The van der Waals surface area contributed by atoms with Gasteiger partial charge in [-0.3, -0.25) is 4.79 Å². The van der Waals surface area contributed by atoms with Crippen molar-refractivity contribution in [1.29, 1.82) is 0 Å². The van der Waals surface area contributed by atoms with Gasteiger partial charge in [-0.05, 0) is 49.4 Å². The van der Waals surface area contributed by atoms with Crippen LogP contribution >= 0.6 is 0 Å². The topological polar surface area (TPSA) is 86.1 Å². The van der Waals surface area contributed by atoms with E-state index in [1.807, 2.05) is 6.92 Å². The molecule has 0 saturated heterocycles.